The molecule has 184 valence electrons. The lowest BCUT2D eigenvalue weighted by Crippen LogP contribution is -2.41. The van der Waals surface area contributed by atoms with Gasteiger partial charge in [-0.2, -0.15) is 0 Å². The van der Waals surface area contributed by atoms with Gasteiger partial charge in [0, 0.05) is 33.5 Å². The molecular formula is C26H27Cl2N3O3S. The highest BCUT2D eigenvalue weighted by Gasteiger charge is 2.53. The molecule has 1 saturated heterocycles. The van der Waals surface area contributed by atoms with Crippen LogP contribution in [0.1, 0.15) is 56.7 Å². The molecule has 0 saturated carbocycles. The highest BCUT2D eigenvalue weighted by molar-refractivity contribution is 7.07. The van der Waals surface area contributed by atoms with Crippen LogP contribution in [0.2, 0.25) is 10.0 Å². The average Bonchev–Trinajstić information content (AvgIpc) is 3.40. The topological polar surface area (TPSA) is 62.7 Å². The van der Waals surface area contributed by atoms with Gasteiger partial charge >= 0.3 is 6.09 Å². The molecule has 0 aliphatic carbocycles. The predicted octanol–water partition coefficient (Wildman–Crippen LogP) is 6.90. The second kappa shape index (κ2) is 10.3. The molecule has 0 spiro atoms. The number of hydrogen-bond donors (Lipinski definition) is 0. The van der Waals surface area contributed by atoms with Crippen LogP contribution < -0.4 is 0 Å². The van der Waals surface area contributed by atoms with Crippen molar-refractivity contribution in [3.05, 3.63) is 86.3 Å². The van der Waals surface area contributed by atoms with Crippen molar-refractivity contribution in [3.8, 4) is 0 Å². The minimum atomic E-state index is -0.864. The molecule has 35 heavy (non-hydrogen) atoms. The maximum absolute atomic E-state index is 14.0. The Morgan fingerprint density at radius 3 is 2.34 bits per heavy atom. The number of aromatic nitrogens is 1. The van der Waals surface area contributed by atoms with E-state index in [0.717, 1.165) is 16.2 Å². The number of ether oxygens (including phenoxy) is 1. The van der Waals surface area contributed by atoms with E-state index >= 15 is 0 Å². The Balaban J connectivity index is 1.90. The minimum Gasteiger partial charge on any atom is -0.443 e. The highest BCUT2D eigenvalue weighted by atomic mass is 35.5. The molecule has 1 aliphatic heterocycles. The zero-order valence-corrected chi connectivity index (χ0v) is 22.3. The summed E-state index contributed by atoms with van der Waals surface area (Å²) in [4.78, 5) is 35.0. The normalized spacial score (nSPS) is 19.7. The summed E-state index contributed by atoms with van der Waals surface area (Å²) in [5.74, 6) is -0.379. The van der Waals surface area contributed by atoms with Crippen molar-refractivity contribution in [1.29, 1.82) is 0 Å². The fourth-order valence-electron chi connectivity index (χ4n) is 4.36. The molecule has 1 fully saturated rings. The van der Waals surface area contributed by atoms with Crippen LogP contribution in [-0.4, -0.2) is 38.4 Å². The third-order valence-electron chi connectivity index (χ3n) is 5.87. The van der Waals surface area contributed by atoms with E-state index in [2.05, 4.69) is 4.98 Å². The van der Waals surface area contributed by atoms with E-state index in [4.69, 9.17) is 27.9 Å². The van der Waals surface area contributed by atoms with Gasteiger partial charge in [-0.05, 0) is 45.4 Å². The first kappa shape index (κ1) is 25.6. The van der Waals surface area contributed by atoms with Crippen molar-refractivity contribution >= 4 is 46.5 Å². The summed E-state index contributed by atoms with van der Waals surface area (Å²) in [5, 5.41) is 2.64. The van der Waals surface area contributed by atoms with Gasteiger partial charge in [0.1, 0.15) is 11.8 Å². The quantitative estimate of drug-likeness (QED) is 0.358. The number of benzene rings is 2. The molecule has 0 unspecified atom stereocenters. The first-order chi connectivity index (χ1) is 16.6. The summed E-state index contributed by atoms with van der Waals surface area (Å²) < 4.78 is 5.68. The van der Waals surface area contributed by atoms with Crippen LogP contribution in [0.4, 0.5) is 4.79 Å². The fraction of sp³-hybridized carbons (Fsp3) is 0.346. The average molecular weight is 532 g/mol. The van der Waals surface area contributed by atoms with Gasteiger partial charge < -0.3 is 4.74 Å². The fourth-order valence-corrected chi connectivity index (χ4v) is 5.53. The Hall–Kier alpha value is -2.45. The van der Waals surface area contributed by atoms with Gasteiger partial charge in [-0.25, -0.2) is 14.7 Å². The van der Waals surface area contributed by atoms with Crippen molar-refractivity contribution in [1.82, 2.24) is 14.8 Å². The van der Waals surface area contributed by atoms with Gasteiger partial charge in [0.05, 0.1) is 17.2 Å². The monoisotopic (exact) mass is 531 g/mol. The maximum Gasteiger partial charge on any atom is 0.418 e. The number of thiazole rings is 1. The Morgan fingerprint density at radius 2 is 1.77 bits per heavy atom. The molecule has 3 atom stereocenters. The summed E-state index contributed by atoms with van der Waals surface area (Å²) in [6.45, 7) is 7.30. The predicted molar refractivity (Wildman–Crippen MR) is 139 cm³/mol. The van der Waals surface area contributed by atoms with E-state index in [0.29, 0.717) is 22.0 Å². The zero-order chi connectivity index (χ0) is 25.3. The summed E-state index contributed by atoms with van der Waals surface area (Å²) >= 11 is 14.8. The molecule has 4 rings (SSSR count). The Kier molecular flexibility index (Phi) is 7.52. The van der Waals surface area contributed by atoms with E-state index < -0.39 is 23.9 Å². The van der Waals surface area contributed by atoms with E-state index in [9.17, 15) is 9.59 Å². The van der Waals surface area contributed by atoms with Crippen molar-refractivity contribution in [2.45, 2.75) is 58.0 Å². The SMILES string of the molecule is C[C@H](c1ccccc1)N1[C@@H](Cc2cscn2)C(=O)N(C(=O)OC(C)(C)C)[C@@H]1c1c(Cl)cccc1Cl. The molecular weight excluding hydrogens is 505 g/mol. The highest BCUT2D eigenvalue weighted by Crippen LogP contribution is 2.46. The Bertz CT molecular complexity index is 1180. The van der Waals surface area contributed by atoms with Crippen LogP contribution in [0.25, 0.3) is 0 Å². The number of amides is 2. The van der Waals surface area contributed by atoms with Crippen LogP contribution in [0, 0.1) is 0 Å². The zero-order valence-electron chi connectivity index (χ0n) is 19.9. The molecule has 2 heterocycles. The number of carbonyl (C=O) groups excluding carboxylic acids is 2. The van der Waals surface area contributed by atoms with E-state index in [-0.39, 0.29) is 11.9 Å². The van der Waals surface area contributed by atoms with Gasteiger partial charge in [-0.1, -0.05) is 59.6 Å². The molecule has 2 amide bonds. The molecule has 0 bridgehead atoms. The smallest absolute Gasteiger partial charge is 0.418 e. The van der Waals surface area contributed by atoms with Crippen LogP contribution in [0.15, 0.2) is 59.4 Å². The van der Waals surface area contributed by atoms with Crippen molar-refractivity contribution < 1.29 is 14.3 Å². The van der Waals surface area contributed by atoms with Gasteiger partial charge in [-0.15, -0.1) is 11.3 Å². The number of nitrogens with zero attached hydrogens (tertiary/aromatic N) is 3. The van der Waals surface area contributed by atoms with Crippen molar-refractivity contribution in [2.24, 2.45) is 0 Å². The third kappa shape index (κ3) is 5.38. The summed E-state index contributed by atoms with van der Waals surface area (Å²) in [6.07, 6.45) is -1.27. The molecule has 2 aromatic carbocycles. The summed E-state index contributed by atoms with van der Waals surface area (Å²) in [7, 11) is 0. The minimum absolute atomic E-state index is 0.256. The Labute approximate surface area is 219 Å². The molecule has 3 aromatic rings. The van der Waals surface area contributed by atoms with E-state index in [1.807, 2.05) is 47.5 Å². The first-order valence-corrected chi connectivity index (χ1v) is 13.0. The number of rotatable bonds is 5. The second-order valence-corrected chi connectivity index (χ2v) is 11.0. The van der Waals surface area contributed by atoms with Crippen LogP contribution in [0.3, 0.4) is 0 Å². The van der Waals surface area contributed by atoms with Gasteiger partial charge in [0.2, 0.25) is 0 Å². The second-order valence-electron chi connectivity index (χ2n) is 9.43. The maximum atomic E-state index is 14.0. The third-order valence-corrected chi connectivity index (χ3v) is 7.17. The number of halogens is 2. The number of carbonyl (C=O) groups is 2. The van der Waals surface area contributed by atoms with Crippen molar-refractivity contribution in [3.63, 3.8) is 0 Å². The van der Waals surface area contributed by atoms with Gasteiger partial charge in [0.15, 0.2) is 0 Å². The molecule has 0 N–H and O–H groups in total. The molecule has 1 aliphatic rings. The van der Waals surface area contributed by atoms with Crippen LogP contribution in [-0.2, 0) is 16.0 Å². The van der Waals surface area contributed by atoms with Crippen LogP contribution >= 0.6 is 34.5 Å². The molecule has 1 aromatic heterocycles. The van der Waals surface area contributed by atoms with Crippen molar-refractivity contribution in [2.75, 3.05) is 0 Å². The lowest BCUT2D eigenvalue weighted by Gasteiger charge is -2.36. The molecule has 6 nitrogen and oxygen atoms in total. The Morgan fingerprint density at radius 1 is 1.11 bits per heavy atom. The molecule has 0 radical (unpaired) electrons. The number of imide groups is 1. The van der Waals surface area contributed by atoms with Gasteiger partial charge in [-0.3, -0.25) is 9.69 Å². The largest absolute Gasteiger partial charge is 0.443 e. The summed E-state index contributed by atoms with van der Waals surface area (Å²) in [6, 6.07) is 14.0. The standard InChI is InChI=1S/C26H27Cl2N3O3S/c1-16(17-9-6-5-7-10-17)30-21(13-18-14-35-15-29-18)24(32)31(25(33)34-26(2,3)4)23(30)22-19(27)11-8-12-20(22)28/h5-12,14-16,21,23H,13H2,1-4H3/t16-,21+,23-/m1/s1. The molecule has 9 heteroatoms. The van der Waals surface area contributed by atoms with Crippen LogP contribution in [0.5, 0.6) is 0 Å². The lowest BCUT2D eigenvalue weighted by molar-refractivity contribution is -0.129. The van der Waals surface area contributed by atoms with E-state index in [1.54, 1.807) is 44.5 Å². The van der Waals surface area contributed by atoms with Gasteiger partial charge in [0.25, 0.3) is 5.91 Å². The number of hydrogen-bond acceptors (Lipinski definition) is 6. The summed E-state index contributed by atoms with van der Waals surface area (Å²) in [5.41, 5.74) is 3.18. The first-order valence-electron chi connectivity index (χ1n) is 11.3. The van der Waals surface area contributed by atoms with E-state index in [1.165, 1.54) is 11.3 Å². The lowest BCUT2D eigenvalue weighted by atomic mass is 10.0.